The van der Waals surface area contributed by atoms with Crippen LogP contribution in [0.3, 0.4) is 0 Å². The van der Waals surface area contributed by atoms with Crippen LogP contribution in [0, 0.1) is 0 Å². The summed E-state index contributed by atoms with van der Waals surface area (Å²) >= 11 is 0. The topological polar surface area (TPSA) is 78.9 Å². The van der Waals surface area contributed by atoms with Crippen LogP contribution in [-0.2, 0) is 28.6 Å². The third-order valence-corrected chi connectivity index (χ3v) is 14.0. The van der Waals surface area contributed by atoms with Gasteiger partial charge in [-0.15, -0.1) is 0 Å². The second kappa shape index (κ2) is 65.6. The maximum atomic E-state index is 12.9. The molecule has 446 valence electrons. The lowest BCUT2D eigenvalue weighted by molar-refractivity contribution is -0.167. The molecule has 6 nitrogen and oxygen atoms in total. The summed E-state index contributed by atoms with van der Waals surface area (Å²) < 4.78 is 16.9. The minimum atomic E-state index is -0.807. The van der Waals surface area contributed by atoms with Crippen LogP contribution in [0.1, 0.15) is 310 Å². The number of ether oxygens (including phenoxy) is 3. The van der Waals surface area contributed by atoms with Crippen molar-refractivity contribution in [3.63, 3.8) is 0 Å². The molecular weight excluding hydrogens is 961 g/mol. The van der Waals surface area contributed by atoms with Gasteiger partial charge >= 0.3 is 17.9 Å². The molecule has 1 atom stereocenters. The number of carbonyl (C=O) groups excluding carboxylic acids is 3. The summed E-state index contributed by atoms with van der Waals surface area (Å²) in [6.07, 6.45) is 89.5. The van der Waals surface area contributed by atoms with Crippen LogP contribution >= 0.6 is 0 Å². The summed E-state index contributed by atoms with van der Waals surface area (Å²) in [7, 11) is 0. The highest BCUT2D eigenvalue weighted by molar-refractivity contribution is 5.71. The van der Waals surface area contributed by atoms with Gasteiger partial charge in [-0.25, -0.2) is 0 Å². The van der Waals surface area contributed by atoms with E-state index in [1.54, 1.807) is 0 Å². The molecule has 0 spiro atoms. The highest BCUT2D eigenvalue weighted by atomic mass is 16.6. The summed E-state index contributed by atoms with van der Waals surface area (Å²) in [4.78, 5) is 38.4. The number of carbonyl (C=O) groups is 3. The predicted molar refractivity (Wildman–Crippen MR) is 339 cm³/mol. The minimum absolute atomic E-state index is 0.0991. The number of unbranched alkanes of at least 4 members (excludes halogenated alkanes) is 30. The van der Waals surface area contributed by atoms with Crippen LogP contribution < -0.4 is 0 Å². The molecule has 0 aliphatic rings. The van der Waals surface area contributed by atoms with E-state index in [0.717, 1.165) is 103 Å². The predicted octanol–water partition coefficient (Wildman–Crippen LogP) is 22.6. The first kappa shape index (κ1) is 74.1. The molecule has 0 saturated carbocycles. The highest BCUT2D eigenvalue weighted by Crippen LogP contribution is 2.17. The van der Waals surface area contributed by atoms with E-state index in [1.165, 1.54) is 161 Å². The van der Waals surface area contributed by atoms with Crippen molar-refractivity contribution in [1.82, 2.24) is 0 Å². The number of hydrogen-bond donors (Lipinski definition) is 0. The van der Waals surface area contributed by atoms with Gasteiger partial charge in [0.25, 0.3) is 0 Å². The molecule has 0 aromatic rings. The van der Waals surface area contributed by atoms with Gasteiger partial charge < -0.3 is 14.2 Å². The maximum absolute atomic E-state index is 12.9. The third kappa shape index (κ3) is 62.9. The van der Waals surface area contributed by atoms with Gasteiger partial charge in [-0.1, -0.05) is 297 Å². The van der Waals surface area contributed by atoms with Gasteiger partial charge in [-0.05, 0) is 103 Å². The molecule has 0 rings (SSSR count). The molecule has 0 saturated heterocycles. The molecule has 0 aliphatic carbocycles. The molecule has 0 heterocycles. The molecule has 0 aromatic heterocycles. The van der Waals surface area contributed by atoms with Crippen molar-refractivity contribution in [2.24, 2.45) is 0 Å². The average molecular weight is 1080 g/mol. The molecule has 0 amide bonds. The lowest BCUT2D eigenvalue weighted by Crippen LogP contribution is -2.30. The third-order valence-electron chi connectivity index (χ3n) is 14.0. The van der Waals surface area contributed by atoms with Crippen molar-refractivity contribution in [3.05, 3.63) is 109 Å². The highest BCUT2D eigenvalue weighted by Gasteiger charge is 2.19. The largest absolute Gasteiger partial charge is 0.462 e. The normalized spacial score (nSPS) is 12.8. The standard InChI is InChI=1S/C72H122O6/c1-4-7-10-13-16-19-22-25-28-31-33-35-36-37-39-41-44-47-50-53-56-59-62-65-71(74)77-68-69(67-76-70(73)64-61-58-55-52-49-46-43-40-30-27-24-21-18-15-12-9-6-3)78-72(75)66-63-60-57-54-51-48-45-42-38-34-32-29-26-23-20-17-14-11-8-5-2/h7,10,16,18-19,21,25,27-28,30,33,35,37,39,44,47,53,56,69H,4-6,8-9,11-15,17,20,22-24,26,29,31-32,34,36,38,40-43,45-46,48-52,54-55,57-68H2,1-3H3/b10-7-,19-16-,21-18-,28-25-,30-27-,35-33-,39-37-,47-44-,56-53-. The van der Waals surface area contributed by atoms with Crippen LogP contribution in [0.5, 0.6) is 0 Å². The molecule has 0 aromatic carbocycles. The number of allylic oxidation sites excluding steroid dienone is 18. The van der Waals surface area contributed by atoms with Gasteiger partial charge in [0.05, 0.1) is 0 Å². The number of hydrogen-bond acceptors (Lipinski definition) is 6. The monoisotopic (exact) mass is 1080 g/mol. The Balaban J connectivity index is 4.47. The average Bonchev–Trinajstić information content (AvgIpc) is 3.44. The van der Waals surface area contributed by atoms with E-state index in [4.69, 9.17) is 14.2 Å². The fraction of sp³-hybridized carbons (Fsp3) is 0.708. The lowest BCUT2D eigenvalue weighted by atomic mass is 10.0. The summed E-state index contributed by atoms with van der Waals surface area (Å²) in [5.41, 5.74) is 0. The van der Waals surface area contributed by atoms with Crippen LogP contribution in [-0.4, -0.2) is 37.2 Å². The summed E-state index contributed by atoms with van der Waals surface area (Å²) in [6, 6.07) is 0. The first-order valence-electron chi connectivity index (χ1n) is 32.9. The van der Waals surface area contributed by atoms with Gasteiger partial charge in [-0.3, -0.25) is 14.4 Å². The van der Waals surface area contributed by atoms with Gasteiger partial charge in [-0.2, -0.15) is 0 Å². The van der Waals surface area contributed by atoms with E-state index < -0.39 is 6.10 Å². The Morgan fingerprint density at radius 1 is 0.269 bits per heavy atom. The smallest absolute Gasteiger partial charge is 0.306 e. The Kier molecular flexibility index (Phi) is 62.3. The van der Waals surface area contributed by atoms with Crippen molar-refractivity contribution >= 4 is 17.9 Å². The zero-order chi connectivity index (χ0) is 56.4. The molecule has 0 fully saturated rings. The van der Waals surface area contributed by atoms with Gasteiger partial charge in [0, 0.05) is 19.3 Å². The van der Waals surface area contributed by atoms with Gasteiger partial charge in [0.2, 0.25) is 0 Å². The fourth-order valence-electron chi connectivity index (χ4n) is 9.11. The Morgan fingerprint density at radius 3 is 0.859 bits per heavy atom. The van der Waals surface area contributed by atoms with Crippen molar-refractivity contribution < 1.29 is 28.6 Å². The maximum Gasteiger partial charge on any atom is 0.306 e. The first-order valence-corrected chi connectivity index (χ1v) is 32.9. The molecule has 78 heavy (non-hydrogen) atoms. The van der Waals surface area contributed by atoms with Crippen LogP contribution in [0.4, 0.5) is 0 Å². The van der Waals surface area contributed by atoms with Crippen LogP contribution in [0.25, 0.3) is 0 Å². The van der Waals surface area contributed by atoms with E-state index in [1.807, 2.05) is 0 Å². The number of rotatable bonds is 59. The van der Waals surface area contributed by atoms with Crippen LogP contribution in [0.15, 0.2) is 109 Å². The molecular formula is C72H122O6. The van der Waals surface area contributed by atoms with E-state index in [9.17, 15) is 14.4 Å². The fourth-order valence-corrected chi connectivity index (χ4v) is 9.11. The summed E-state index contributed by atoms with van der Waals surface area (Å²) in [5.74, 6) is -0.957. The van der Waals surface area contributed by atoms with Crippen LogP contribution in [0.2, 0.25) is 0 Å². The molecule has 1 unspecified atom stereocenters. The first-order chi connectivity index (χ1) is 38.5. The Bertz CT molecular complexity index is 1570. The summed E-state index contributed by atoms with van der Waals surface area (Å²) in [5, 5.41) is 0. The SMILES string of the molecule is CC/C=C\C/C=C\C/C=C\C/C=C\C/C=C\C/C=C\C/C=C\CCCC(=O)OCC(COC(=O)CCCCCCCCC/C=C\C/C=C\CCCCC)OC(=O)CCCCCCCCCCCCCCCCCCCCCC. The summed E-state index contributed by atoms with van der Waals surface area (Å²) in [6.45, 7) is 6.48. The minimum Gasteiger partial charge on any atom is -0.462 e. The zero-order valence-electron chi connectivity index (χ0n) is 51.2. The van der Waals surface area contributed by atoms with E-state index in [0.29, 0.717) is 19.3 Å². The Labute approximate surface area is 482 Å². The Hall–Kier alpha value is -3.93. The molecule has 0 radical (unpaired) electrons. The zero-order valence-corrected chi connectivity index (χ0v) is 51.2. The molecule has 0 bridgehead atoms. The van der Waals surface area contributed by atoms with E-state index in [2.05, 4.69) is 130 Å². The lowest BCUT2D eigenvalue weighted by Gasteiger charge is -2.18. The quantitative estimate of drug-likeness (QED) is 0.0261. The second-order valence-electron chi connectivity index (χ2n) is 21.6. The van der Waals surface area contributed by atoms with E-state index in [-0.39, 0.29) is 37.5 Å². The number of esters is 3. The second-order valence-corrected chi connectivity index (χ2v) is 21.6. The molecule has 6 heteroatoms. The molecule has 0 aliphatic heterocycles. The van der Waals surface area contributed by atoms with Crippen molar-refractivity contribution in [1.29, 1.82) is 0 Å². The van der Waals surface area contributed by atoms with Crippen molar-refractivity contribution in [2.75, 3.05) is 13.2 Å². The van der Waals surface area contributed by atoms with E-state index >= 15 is 0 Å². The van der Waals surface area contributed by atoms with Crippen molar-refractivity contribution in [2.45, 2.75) is 316 Å². The Morgan fingerprint density at radius 2 is 0.513 bits per heavy atom. The molecule has 0 N–H and O–H groups in total. The van der Waals surface area contributed by atoms with Gasteiger partial charge in [0.15, 0.2) is 6.10 Å². The van der Waals surface area contributed by atoms with Crippen molar-refractivity contribution in [3.8, 4) is 0 Å². The van der Waals surface area contributed by atoms with Gasteiger partial charge in [0.1, 0.15) is 13.2 Å².